The fraction of sp³-hybridized carbons (Fsp3) is 0.167. The molecule has 0 saturated heterocycles. The predicted molar refractivity (Wildman–Crippen MR) is 68.0 cm³/mol. The van der Waals surface area contributed by atoms with Gasteiger partial charge in [-0.25, -0.2) is 0 Å². The van der Waals surface area contributed by atoms with E-state index in [1.165, 1.54) is 12.1 Å². The van der Waals surface area contributed by atoms with Crippen LogP contribution < -0.4 is 16.6 Å². The molecule has 0 bridgehead atoms. The van der Waals surface area contributed by atoms with Gasteiger partial charge in [-0.2, -0.15) is 18.2 Å². The van der Waals surface area contributed by atoms with E-state index >= 15 is 0 Å². The van der Waals surface area contributed by atoms with Crippen LogP contribution in [0.25, 0.3) is 0 Å². The van der Waals surface area contributed by atoms with Crippen molar-refractivity contribution >= 4 is 11.8 Å². The Morgan fingerprint density at radius 2 is 2.05 bits per heavy atom. The van der Waals surface area contributed by atoms with Crippen LogP contribution in [0, 0.1) is 0 Å². The van der Waals surface area contributed by atoms with Crippen molar-refractivity contribution in [3.63, 3.8) is 0 Å². The summed E-state index contributed by atoms with van der Waals surface area (Å²) in [6.45, 7) is 0.0970. The van der Waals surface area contributed by atoms with Crippen LogP contribution in [0.3, 0.4) is 0 Å². The number of alkyl halides is 3. The average Bonchev–Trinajstić information content (AvgIpc) is 2.35. The van der Waals surface area contributed by atoms with Gasteiger partial charge < -0.3 is 11.1 Å². The summed E-state index contributed by atoms with van der Waals surface area (Å²) >= 11 is 0. The number of hydrogen-bond donors (Lipinski definition) is 3. The van der Waals surface area contributed by atoms with Crippen LogP contribution in [0.1, 0.15) is 11.1 Å². The Kier molecular flexibility index (Phi) is 3.64. The van der Waals surface area contributed by atoms with Crippen LogP contribution in [0.15, 0.2) is 35.1 Å². The lowest BCUT2D eigenvalue weighted by atomic mass is 10.1. The molecule has 5 nitrogen and oxygen atoms in total. The van der Waals surface area contributed by atoms with Crippen LogP contribution in [0.5, 0.6) is 0 Å². The first-order valence-corrected chi connectivity index (χ1v) is 5.61. The molecule has 0 spiro atoms. The lowest BCUT2D eigenvalue weighted by Crippen LogP contribution is -2.13. The van der Waals surface area contributed by atoms with E-state index in [2.05, 4.69) is 15.3 Å². The summed E-state index contributed by atoms with van der Waals surface area (Å²) in [4.78, 5) is 17.2. The number of aromatic amines is 1. The standard InChI is InChI=1S/C12H11F3N4O/c13-12(14,15)8-3-1-2-7(4-8)6-17-9-5-10(20)19-11(16)18-9/h1-5H,6H2,(H4,16,17,18,19,20). The molecule has 2 aromatic rings. The van der Waals surface area contributed by atoms with Gasteiger partial charge in [0.05, 0.1) is 5.56 Å². The Hall–Kier alpha value is -2.51. The Labute approximate surface area is 111 Å². The van der Waals surface area contributed by atoms with E-state index in [9.17, 15) is 18.0 Å². The summed E-state index contributed by atoms with van der Waals surface area (Å²) in [6.07, 6.45) is -4.39. The number of nitrogen functional groups attached to an aromatic ring is 1. The van der Waals surface area contributed by atoms with E-state index in [-0.39, 0.29) is 18.3 Å². The molecule has 0 aliphatic carbocycles. The molecule has 1 aromatic heterocycles. The molecule has 8 heteroatoms. The van der Waals surface area contributed by atoms with Crippen molar-refractivity contribution in [3.05, 3.63) is 51.8 Å². The zero-order chi connectivity index (χ0) is 14.8. The van der Waals surface area contributed by atoms with Gasteiger partial charge in [-0.05, 0) is 17.7 Å². The Bertz CT molecular complexity index is 666. The van der Waals surface area contributed by atoms with Crippen LogP contribution in [0.4, 0.5) is 24.9 Å². The molecule has 0 radical (unpaired) electrons. The van der Waals surface area contributed by atoms with Crippen LogP contribution in [0.2, 0.25) is 0 Å². The molecular weight excluding hydrogens is 273 g/mol. The first kappa shape index (κ1) is 13.9. The largest absolute Gasteiger partial charge is 0.416 e. The number of aromatic nitrogens is 2. The molecule has 0 aliphatic rings. The van der Waals surface area contributed by atoms with E-state index in [1.807, 2.05) is 0 Å². The first-order valence-electron chi connectivity index (χ1n) is 5.61. The first-order chi connectivity index (χ1) is 9.34. The maximum atomic E-state index is 12.5. The van der Waals surface area contributed by atoms with Crippen LogP contribution in [-0.4, -0.2) is 9.97 Å². The van der Waals surface area contributed by atoms with Gasteiger partial charge in [0.1, 0.15) is 5.82 Å². The number of nitrogens with two attached hydrogens (primary N) is 1. The van der Waals surface area contributed by atoms with Crippen LogP contribution in [-0.2, 0) is 12.7 Å². The highest BCUT2D eigenvalue weighted by atomic mass is 19.4. The third kappa shape index (κ3) is 3.50. The van der Waals surface area contributed by atoms with Crippen molar-refractivity contribution in [3.8, 4) is 0 Å². The molecule has 1 aromatic carbocycles. The van der Waals surface area contributed by atoms with Gasteiger partial charge in [-0.15, -0.1) is 0 Å². The fourth-order valence-electron chi connectivity index (χ4n) is 1.62. The van der Waals surface area contributed by atoms with E-state index < -0.39 is 17.3 Å². The van der Waals surface area contributed by atoms with Crippen molar-refractivity contribution in [1.82, 2.24) is 9.97 Å². The molecule has 0 amide bonds. The number of hydrogen-bond acceptors (Lipinski definition) is 4. The Morgan fingerprint density at radius 1 is 1.30 bits per heavy atom. The van der Waals surface area contributed by atoms with Gasteiger partial charge in [0.15, 0.2) is 0 Å². The maximum Gasteiger partial charge on any atom is 0.416 e. The van der Waals surface area contributed by atoms with E-state index in [4.69, 9.17) is 5.73 Å². The number of nitrogens with one attached hydrogen (secondary N) is 2. The van der Waals surface area contributed by atoms with Gasteiger partial charge in [-0.3, -0.25) is 9.78 Å². The third-order valence-corrected chi connectivity index (χ3v) is 2.49. The molecule has 2 rings (SSSR count). The Balaban J connectivity index is 2.13. The summed E-state index contributed by atoms with van der Waals surface area (Å²) in [7, 11) is 0. The second-order valence-electron chi connectivity index (χ2n) is 4.07. The van der Waals surface area contributed by atoms with Crippen molar-refractivity contribution < 1.29 is 13.2 Å². The molecule has 106 valence electrons. The van der Waals surface area contributed by atoms with Crippen LogP contribution >= 0.6 is 0 Å². The molecule has 0 fully saturated rings. The number of nitrogens with zero attached hydrogens (tertiary/aromatic N) is 1. The molecule has 20 heavy (non-hydrogen) atoms. The second kappa shape index (κ2) is 5.24. The summed E-state index contributed by atoms with van der Waals surface area (Å²) in [6, 6.07) is 6.05. The van der Waals surface area contributed by atoms with E-state index in [0.717, 1.165) is 12.1 Å². The molecule has 0 atom stereocenters. The SMILES string of the molecule is Nc1nc(NCc2cccc(C(F)(F)F)c2)cc(=O)[nH]1. The van der Waals surface area contributed by atoms with Gasteiger partial charge >= 0.3 is 6.18 Å². The van der Waals surface area contributed by atoms with Crippen molar-refractivity contribution in [2.75, 3.05) is 11.1 Å². The minimum absolute atomic E-state index is 0.0657. The van der Waals surface area contributed by atoms with E-state index in [1.54, 1.807) is 6.07 Å². The Morgan fingerprint density at radius 3 is 2.70 bits per heavy atom. The van der Waals surface area contributed by atoms with Crippen molar-refractivity contribution in [2.24, 2.45) is 0 Å². The van der Waals surface area contributed by atoms with Gasteiger partial charge in [-0.1, -0.05) is 12.1 Å². The molecule has 0 saturated carbocycles. The van der Waals surface area contributed by atoms with Crippen molar-refractivity contribution in [2.45, 2.75) is 12.7 Å². The van der Waals surface area contributed by atoms with E-state index in [0.29, 0.717) is 5.56 Å². The summed E-state index contributed by atoms with van der Waals surface area (Å²) < 4.78 is 37.6. The lowest BCUT2D eigenvalue weighted by Gasteiger charge is -2.10. The zero-order valence-electron chi connectivity index (χ0n) is 10.2. The smallest absolute Gasteiger partial charge is 0.369 e. The topological polar surface area (TPSA) is 83.8 Å². The lowest BCUT2D eigenvalue weighted by molar-refractivity contribution is -0.137. The zero-order valence-corrected chi connectivity index (χ0v) is 10.2. The van der Waals surface area contributed by atoms with Gasteiger partial charge in [0.25, 0.3) is 5.56 Å². The average molecular weight is 284 g/mol. The normalized spacial score (nSPS) is 11.3. The molecule has 0 unspecified atom stereocenters. The second-order valence-corrected chi connectivity index (χ2v) is 4.07. The number of H-pyrrole nitrogens is 1. The summed E-state index contributed by atoms with van der Waals surface area (Å²) in [5.74, 6) is 0.132. The third-order valence-electron chi connectivity index (χ3n) is 2.49. The number of benzene rings is 1. The minimum Gasteiger partial charge on any atom is -0.369 e. The fourth-order valence-corrected chi connectivity index (χ4v) is 1.62. The predicted octanol–water partition coefficient (Wildman–Crippen LogP) is 1.98. The molecule has 0 aliphatic heterocycles. The summed E-state index contributed by atoms with van der Waals surface area (Å²) in [5.41, 5.74) is 4.60. The highest BCUT2D eigenvalue weighted by Gasteiger charge is 2.30. The highest BCUT2D eigenvalue weighted by molar-refractivity contribution is 5.38. The minimum atomic E-state index is -4.39. The van der Waals surface area contributed by atoms with Crippen molar-refractivity contribution in [1.29, 1.82) is 0 Å². The number of rotatable bonds is 3. The van der Waals surface area contributed by atoms with Gasteiger partial charge in [0.2, 0.25) is 5.95 Å². The monoisotopic (exact) mass is 284 g/mol. The molecular formula is C12H11F3N4O. The quantitative estimate of drug-likeness (QED) is 0.804. The van der Waals surface area contributed by atoms with Gasteiger partial charge in [0, 0.05) is 12.6 Å². The number of anilines is 2. The highest BCUT2D eigenvalue weighted by Crippen LogP contribution is 2.29. The maximum absolute atomic E-state index is 12.5. The summed E-state index contributed by atoms with van der Waals surface area (Å²) in [5, 5.41) is 2.74. The number of halogens is 3. The molecule has 1 heterocycles. The molecule has 4 N–H and O–H groups in total.